The highest BCUT2D eigenvalue weighted by Crippen LogP contribution is 2.39. The standard InChI is InChI=1S/C14H16N2O5/c1-3-21-14(18)11(8(2)16(19)20)12-9-6-4-5-7-10(9)15-13(12)17/h4-8,11-12H,3H2,1-2H3,(H,15,17)/t8-,11-,12?/m0/s1. The maximum absolute atomic E-state index is 12.2. The number of rotatable bonds is 5. The lowest BCUT2D eigenvalue weighted by molar-refractivity contribution is -0.525. The number of anilines is 1. The summed E-state index contributed by atoms with van der Waals surface area (Å²) in [5.41, 5.74) is 1.17. The summed E-state index contributed by atoms with van der Waals surface area (Å²) in [5, 5.41) is 13.7. The highest BCUT2D eigenvalue weighted by molar-refractivity contribution is 6.05. The van der Waals surface area contributed by atoms with Gasteiger partial charge in [-0.05, 0) is 18.6 Å². The van der Waals surface area contributed by atoms with E-state index in [-0.39, 0.29) is 6.61 Å². The first-order valence-corrected chi connectivity index (χ1v) is 6.67. The van der Waals surface area contributed by atoms with Crippen LogP contribution in [0.3, 0.4) is 0 Å². The minimum absolute atomic E-state index is 0.107. The molecule has 112 valence electrons. The third kappa shape index (κ3) is 2.72. The molecule has 1 heterocycles. The van der Waals surface area contributed by atoms with Crippen molar-refractivity contribution in [2.24, 2.45) is 5.92 Å². The van der Waals surface area contributed by atoms with Crippen molar-refractivity contribution in [3.05, 3.63) is 39.9 Å². The number of hydrogen-bond donors (Lipinski definition) is 1. The predicted molar refractivity (Wildman–Crippen MR) is 74.4 cm³/mol. The van der Waals surface area contributed by atoms with E-state index in [1.807, 2.05) is 0 Å². The number of para-hydroxylation sites is 1. The number of ether oxygens (including phenoxy) is 1. The molecule has 0 saturated heterocycles. The van der Waals surface area contributed by atoms with Gasteiger partial charge in [-0.1, -0.05) is 18.2 Å². The van der Waals surface area contributed by atoms with Gasteiger partial charge in [0.2, 0.25) is 11.9 Å². The number of benzene rings is 1. The molecule has 1 aromatic rings. The Kier molecular flexibility index (Phi) is 4.21. The molecule has 1 aromatic carbocycles. The highest BCUT2D eigenvalue weighted by Gasteiger charge is 2.48. The van der Waals surface area contributed by atoms with Gasteiger partial charge in [-0.3, -0.25) is 19.7 Å². The van der Waals surface area contributed by atoms with Crippen LogP contribution in [0.25, 0.3) is 0 Å². The fourth-order valence-electron chi connectivity index (χ4n) is 2.57. The zero-order chi connectivity index (χ0) is 15.6. The van der Waals surface area contributed by atoms with E-state index in [1.165, 1.54) is 6.92 Å². The van der Waals surface area contributed by atoms with Crippen molar-refractivity contribution in [1.29, 1.82) is 0 Å². The third-order valence-electron chi connectivity index (χ3n) is 3.61. The molecule has 1 unspecified atom stereocenters. The van der Waals surface area contributed by atoms with E-state index in [2.05, 4.69) is 5.32 Å². The summed E-state index contributed by atoms with van der Waals surface area (Å²) in [6.07, 6.45) is 0. The average molecular weight is 292 g/mol. The lowest BCUT2D eigenvalue weighted by Gasteiger charge is -2.21. The molecule has 0 aromatic heterocycles. The summed E-state index contributed by atoms with van der Waals surface area (Å²) in [4.78, 5) is 34.8. The van der Waals surface area contributed by atoms with Crippen LogP contribution in [-0.2, 0) is 14.3 Å². The molecule has 1 amide bonds. The number of carbonyl (C=O) groups excluding carboxylic acids is 2. The fourth-order valence-corrected chi connectivity index (χ4v) is 2.57. The summed E-state index contributed by atoms with van der Waals surface area (Å²) in [6, 6.07) is 5.65. The first-order chi connectivity index (χ1) is 9.97. The van der Waals surface area contributed by atoms with Crippen LogP contribution in [0.15, 0.2) is 24.3 Å². The number of fused-ring (bicyclic) bond motifs is 1. The van der Waals surface area contributed by atoms with Gasteiger partial charge in [-0.25, -0.2) is 0 Å². The molecule has 3 atom stereocenters. The number of nitrogens with one attached hydrogen (secondary N) is 1. The van der Waals surface area contributed by atoms with Crippen LogP contribution in [0.4, 0.5) is 5.69 Å². The van der Waals surface area contributed by atoms with Crippen LogP contribution < -0.4 is 5.32 Å². The van der Waals surface area contributed by atoms with E-state index in [1.54, 1.807) is 31.2 Å². The van der Waals surface area contributed by atoms with Gasteiger partial charge in [0.05, 0.1) is 12.5 Å². The second kappa shape index (κ2) is 5.90. The van der Waals surface area contributed by atoms with Gasteiger partial charge in [-0.15, -0.1) is 0 Å². The van der Waals surface area contributed by atoms with Crippen molar-refractivity contribution < 1.29 is 19.2 Å². The van der Waals surface area contributed by atoms with E-state index in [9.17, 15) is 19.7 Å². The summed E-state index contributed by atoms with van der Waals surface area (Å²) in [6.45, 7) is 3.04. The number of hydrogen-bond acceptors (Lipinski definition) is 5. The van der Waals surface area contributed by atoms with Gasteiger partial charge in [0.25, 0.3) is 0 Å². The van der Waals surface area contributed by atoms with Gasteiger partial charge < -0.3 is 10.1 Å². The lowest BCUT2D eigenvalue weighted by Crippen LogP contribution is -2.40. The number of esters is 1. The first kappa shape index (κ1) is 15.0. The molecule has 0 saturated carbocycles. The van der Waals surface area contributed by atoms with Crippen molar-refractivity contribution in [1.82, 2.24) is 0 Å². The first-order valence-electron chi connectivity index (χ1n) is 6.67. The number of nitro groups is 1. The predicted octanol–water partition coefficient (Wildman–Crippen LogP) is 1.57. The van der Waals surface area contributed by atoms with Crippen LogP contribution in [-0.4, -0.2) is 29.4 Å². The average Bonchev–Trinajstić information content (AvgIpc) is 2.76. The Labute approximate surface area is 121 Å². The van der Waals surface area contributed by atoms with Gasteiger partial charge in [0, 0.05) is 17.5 Å². The molecule has 1 aliphatic rings. The van der Waals surface area contributed by atoms with Gasteiger partial charge >= 0.3 is 5.97 Å². The molecule has 2 rings (SSSR count). The molecular weight excluding hydrogens is 276 g/mol. The molecular formula is C14H16N2O5. The Bertz CT molecular complexity index is 586. The molecule has 0 bridgehead atoms. The quantitative estimate of drug-likeness (QED) is 0.504. The summed E-state index contributed by atoms with van der Waals surface area (Å²) >= 11 is 0. The Morgan fingerprint density at radius 3 is 2.76 bits per heavy atom. The maximum atomic E-state index is 12.2. The number of nitrogens with zero attached hydrogens (tertiary/aromatic N) is 1. The molecule has 7 nitrogen and oxygen atoms in total. The van der Waals surface area contributed by atoms with Crippen LogP contribution in [0.5, 0.6) is 0 Å². The van der Waals surface area contributed by atoms with Crippen LogP contribution in [0.2, 0.25) is 0 Å². The van der Waals surface area contributed by atoms with Crippen LogP contribution >= 0.6 is 0 Å². The molecule has 7 heteroatoms. The SMILES string of the molecule is CCOC(=O)[C@H](C1C(=O)Nc2ccccc21)[C@H](C)[N+](=O)[O-]. The second-order valence-corrected chi connectivity index (χ2v) is 4.86. The molecule has 0 radical (unpaired) electrons. The van der Waals surface area contributed by atoms with Crippen molar-refractivity contribution in [2.45, 2.75) is 25.8 Å². The van der Waals surface area contributed by atoms with E-state index < -0.39 is 34.7 Å². The minimum Gasteiger partial charge on any atom is -0.466 e. The number of carbonyl (C=O) groups is 2. The monoisotopic (exact) mass is 292 g/mol. The van der Waals surface area contributed by atoms with Crippen molar-refractivity contribution >= 4 is 17.6 Å². The van der Waals surface area contributed by atoms with E-state index in [4.69, 9.17) is 4.74 Å². The molecule has 0 spiro atoms. The molecule has 1 N–H and O–H groups in total. The topological polar surface area (TPSA) is 98.5 Å². The van der Waals surface area contributed by atoms with Crippen molar-refractivity contribution in [3.8, 4) is 0 Å². The summed E-state index contributed by atoms with van der Waals surface area (Å²) < 4.78 is 4.93. The second-order valence-electron chi connectivity index (χ2n) is 4.86. The normalized spacial score (nSPS) is 19.3. The molecule has 1 aliphatic heterocycles. The highest BCUT2D eigenvalue weighted by atomic mass is 16.6. The molecule has 21 heavy (non-hydrogen) atoms. The van der Waals surface area contributed by atoms with Crippen molar-refractivity contribution in [2.75, 3.05) is 11.9 Å². The summed E-state index contributed by atoms with van der Waals surface area (Å²) in [5.74, 6) is -3.19. The van der Waals surface area contributed by atoms with Crippen LogP contribution in [0, 0.1) is 16.0 Å². The maximum Gasteiger partial charge on any atom is 0.317 e. The third-order valence-corrected chi connectivity index (χ3v) is 3.61. The van der Waals surface area contributed by atoms with E-state index in [0.717, 1.165) is 0 Å². The van der Waals surface area contributed by atoms with Gasteiger partial charge in [-0.2, -0.15) is 0 Å². The Morgan fingerprint density at radius 1 is 1.48 bits per heavy atom. The molecule has 0 aliphatic carbocycles. The smallest absolute Gasteiger partial charge is 0.317 e. The zero-order valence-corrected chi connectivity index (χ0v) is 11.7. The number of amides is 1. The minimum atomic E-state index is -1.22. The molecule has 0 fully saturated rings. The Morgan fingerprint density at radius 2 is 2.14 bits per heavy atom. The summed E-state index contributed by atoms with van der Waals surface area (Å²) in [7, 11) is 0. The van der Waals surface area contributed by atoms with Crippen LogP contribution in [0.1, 0.15) is 25.3 Å². The van der Waals surface area contributed by atoms with E-state index >= 15 is 0 Å². The van der Waals surface area contributed by atoms with Crippen molar-refractivity contribution in [3.63, 3.8) is 0 Å². The lowest BCUT2D eigenvalue weighted by atomic mass is 9.82. The van der Waals surface area contributed by atoms with Gasteiger partial charge in [0.15, 0.2) is 0 Å². The van der Waals surface area contributed by atoms with Gasteiger partial charge in [0.1, 0.15) is 5.92 Å². The zero-order valence-electron chi connectivity index (χ0n) is 11.7. The fraction of sp³-hybridized carbons (Fsp3) is 0.429. The largest absolute Gasteiger partial charge is 0.466 e. The Balaban J connectivity index is 2.43. The Hall–Kier alpha value is -2.44. The van der Waals surface area contributed by atoms with E-state index in [0.29, 0.717) is 11.3 Å².